The van der Waals surface area contributed by atoms with Crippen molar-refractivity contribution in [1.29, 1.82) is 0 Å². The van der Waals surface area contributed by atoms with Crippen LogP contribution in [0.3, 0.4) is 0 Å². The largest absolute Gasteiger partial charge is 0.460 e. The summed E-state index contributed by atoms with van der Waals surface area (Å²) in [4.78, 5) is 39.1. The summed E-state index contributed by atoms with van der Waals surface area (Å²) in [5.41, 5.74) is 5.17. The average Bonchev–Trinajstić information content (AvgIpc) is 2.40. The van der Waals surface area contributed by atoms with E-state index >= 15 is 0 Å². The fourth-order valence-corrected chi connectivity index (χ4v) is 1.96. The van der Waals surface area contributed by atoms with Crippen LogP contribution in [0.4, 0.5) is 0 Å². The normalized spacial score (nSPS) is 23.9. The highest BCUT2D eigenvalue weighted by atomic mass is 16.5. The lowest BCUT2D eigenvalue weighted by Crippen LogP contribution is -2.37. The van der Waals surface area contributed by atoms with Gasteiger partial charge in [0, 0.05) is 12.6 Å². The lowest BCUT2D eigenvalue weighted by Gasteiger charge is -2.23. The fraction of sp³-hybridized carbons (Fsp3) is 0.538. The molecule has 2 unspecified atom stereocenters. The van der Waals surface area contributed by atoms with Crippen LogP contribution in [0.15, 0.2) is 17.3 Å². The summed E-state index contributed by atoms with van der Waals surface area (Å²) in [6.07, 6.45) is 5.54. The highest BCUT2D eigenvalue weighted by Crippen LogP contribution is 2.24. The summed E-state index contributed by atoms with van der Waals surface area (Å²) in [7, 11) is 0. The Bertz CT molecular complexity index is 415. The zero-order valence-electron chi connectivity index (χ0n) is 10.9. The number of carbonyl (C=O) groups excluding carboxylic acids is 3. The smallest absolute Gasteiger partial charge is 0.375 e. The number of aliphatic imine (C=N–C) groups is 1. The number of rotatable bonds is 5. The number of carbonyl (C=O) groups is 3. The minimum atomic E-state index is -0.938. The van der Waals surface area contributed by atoms with Crippen molar-refractivity contribution in [3.05, 3.63) is 12.3 Å². The van der Waals surface area contributed by atoms with Crippen molar-refractivity contribution in [2.75, 3.05) is 6.61 Å². The van der Waals surface area contributed by atoms with Crippen molar-refractivity contribution >= 4 is 23.8 Å². The van der Waals surface area contributed by atoms with Gasteiger partial charge in [0.05, 0.1) is 18.6 Å². The summed E-state index contributed by atoms with van der Waals surface area (Å²) in [5.74, 6) is -2.83. The molecule has 0 heterocycles. The van der Waals surface area contributed by atoms with Crippen LogP contribution in [0.2, 0.25) is 0 Å². The zero-order chi connectivity index (χ0) is 14.3. The molecule has 1 aliphatic rings. The number of ether oxygens (including phenoxy) is 1. The van der Waals surface area contributed by atoms with E-state index in [1.807, 2.05) is 0 Å². The summed E-state index contributed by atoms with van der Waals surface area (Å²) < 4.78 is 4.63. The minimum Gasteiger partial charge on any atom is -0.460 e. The molecule has 6 nitrogen and oxygen atoms in total. The van der Waals surface area contributed by atoms with Crippen LogP contribution in [-0.2, 0) is 19.1 Å². The Morgan fingerprint density at radius 2 is 2.26 bits per heavy atom. The van der Waals surface area contributed by atoms with E-state index in [9.17, 15) is 14.4 Å². The molecule has 1 saturated carbocycles. The number of nitrogens with two attached hydrogens (primary N) is 1. The Kier molecular flexibility index (Phi) is 5.92. The quantitative estimate of drug-likeness (QED) is 0.336. The van der Waals surface area contributed by atoms with Crippen LogP contribution in [-0.4, -0.2) is 36.4 Å². The number of nitrogens with zero attached hydrogens (tertiary/aromatic N) is 1. The Hall–Kier alpha value is -1.98. The fourth-order valence-electron chi connectivity index (χ4n) is 1.96. The molecular formula is C13H18N2O4. The van der Waals surface area contributed by atoms with Crippen molar-refractivity contribution < 1.29 is 19.1 Å². The molecule has 0 spiro atoms. The monoisotopic (exact) mass is 266 g/mol. The van der Waals surface area contributed by atoms with Crippen LogP contribution in [0, 0.1) is 5.92 Å². The summed E-state index contributed by atoms with van der Waals surface area (Å²) in [5, 5.41) is 0. The van der Waals surface area contributed by atoms with Gasteiger partial charge in [0.2, 0.25) is 0 Å². The Morgan fingerprint density at radius 3 is 2.89 bits per heavy atom. The molecule has 0 aliphatic heterocycles. The second-order valence-corrected chi connectivity index (χ2v) is 4.21. The molecular weight excluding hydrogens is 248 g/mol. The molecule has 6 heteroatoms. The summed E-state index contributed by atoms with van der Waals surface area (Å²) in [6, 6.07) is -0.141. The van der Waals surface area contributed by atoms with E-state index in [4.69, 9.17) is 5.73 Å². The number of ketones is 2. The second-order valence-electron chi connectivity index (χ2n) is 4.21. The first-order valence-corrected chi connectivity index (χ1v) is 6.23. The Morgan fingerprint density at radius 1 is 1.53 bits per heavy atom. The number of Topliss-reactive ketones (excluding diaryl/α,β-unsaturated/α-hetero) is 2. The van der Waals surface area contributed by atoms with Gasteiger partial charge in [-0.05, 0) is 32.0 Å². The van der Waals surface area contributed by atoms with Crippen LogP contribution in [0.5, 0.6) is 0 Å². The summed E-state index contributed by atoms with van der Waals surface area (Å²) >= 11 is 0. The van der Waals surface area contributed by atoms with Gasteiger partial charge in [-0.3, -0.25) is 14.6 Å². The molecule has 0 saturated heterocycles. The molecule has 104 valence electrons. The van der Waals surface area contributed by atoms with E-state index in [1.54, 1.807) is 13.0 Å². The van der Waals surface area contributed by atoms with Crippen molar-refractivity contribution in [3.8, 4) is 0 Å². The first-order valence-electron chi connectivity index (χ1n) is 6.23. The molecule has 0 bridgehead atoms. The van der Waals surface area contributed by atoms with E-state index in [0.717, 1.165) is 0 Å². The third kappa shape index (κ3) is 4.31. The standard InChI is InChI=1S/C13H18N2O4/c1-2-19-13(18)12(17)10-8-9(4-5-11(10)16)15-7-3-6-14/h3,6-7,9-10H,2,4-5,8,14H2,1H3. The van der Waals surface area contributed by atoms with E-state index < -0.39 is 17.7 Å². The van der Waals surface area contributed by atoms with Crippen molar-refractivity contribution in [2.24, 2.45) is 16.6 Å². The van der Waals surface area contributed by atoms with Gasteiger partial charge in [-0.25, -0.2) is 4.79 Å². The highest BCUT2D eigenvalue weighted by Gasteiger charge is 2.37. The van der Waals surface area contributed by atoms with Crippen LogP contribution in [0.25, 0.3) is 0 Å². The Labute approximate surface area is 111 Å². The lowest BCUT2D eigenvalue weighted by atomic mass is 9.82. The van der Waals surface area contributed by atoms with Gasteiger partial charge < -0.3 is 10.5 Å². The lowest BCUT2D eigenvalue weighted by molar-refractivity contribution is -0.157. The maximum atomic E-state index is 11.8. The molecule has 0 aromatic heterocycles. The summed E-state index contributed by atoms with van der Waals surface area (Å²) in [6.45, 7) is 1.73. The highest BCUT2D eigenvalue weighted by molar-refractivity contribution is 6.38. The number of hydrogen-bond acceptors (Lipinski definition) is 6. The van der Waals surface area contributed by atoms with Crippen LogP contribution in [0.1, 0.15) is 26.2 Å². The first kappa shape index (κ1) is 15.1. The molecule has 1 aliphatic carbocycles. The van der Waals surface area contributed by atoms with Gasteiger partial charge in [-0.2, -0.15) is 0 Å². The van der Waals surface area contributed by atoms with Crippen molar-refractivity contribution in [2.45, 2.75) is 32.2 Å². The molecule has 1 fully saturated rings. The minimum absolute atomic E-state index is 0.119. The average molecular weight is 266 g/mol. The predicted octanol–water partition coefficient (Wildman–Crippen LogP) is 0.400. The second kappa shape index (κ2) is 7.45. The Balaban J connectivity index is 2.68. The topological polar surface area (TPSA) is 98.8 Å². The van der Waals surface area contributed by atoms with Gasteiger partial charge in [0.15, 0.2) is 0 Å². The van der Waals surface area contributed by atoms with E-state index in [2.05, 4.69) is 9.73 Å². The molecule has 0 aromatic rings. The zero-order valence-corrected chi connectivity index (χ0v) is 10.9. The third-order valence-electron chi connectivity index (χ3n) is 2.91. The molecule has 0 amide bonds. The molecule has 1 rings (SSSR count). The van der Waals surface area contributed by atoms with Crippen molar-refractivity contribution in [1.82, 2.24) is 0 Å². The number of allylic oxidation sites excluding steroid dienone is 1. The third-order valence-corrected chi connectivity index (χ3v) is 2.91. The molecule has 2 atom stereocenters. The predicted molar refractivity (Wildman–Crippen MR) is 69.6 cm³/mol. The number of esters is 1. The van der Waals surface area contributed by atoms with Gasteiger partial charge in [-0.1, -0.05) is 0 Å². The van der Waals surface area contributed by atoms with E-state index in [-0.39, 0.29) is 31.3 Å². The molecule has 19 heavy (non-hydrogen) atoms. The van der Waals surface area contributed by atoms with Crippen molar-refractivity contribution in [3.63, 3.8) is 0 Å². The molecule has 0 radical (unpaired) electrons. The van der Waals surface area contributed by atoms with Gasteiger partial charge in [0.1, 0.15) is 5.78 Å². The van der Waals surface area contributed by atoms with Gasteiger partial charge in [-0.15, -0.1) is 0 Å². The molecule has 0 aromatic carbocycles. The van der Waals surface area contributed by atoms with E-state index in [1.165, 1.54) is 12.4 Å². The van der Waals surface area contributed by atoms with Crippen LogP contribution >= 0.6 is 0 Å². The van der Waals surface area contributed by atoms with E-state index in [0.29, 0.717) is 6.42 Å². The van der Waals surface area contributed by atoms with Gasteiger partial charge in [0.25, 0.3) is 5.78 Å². The first-order chi connectivity index (χ1) is 9.10. The van der Waals surface area contributed by atoms with Crippen LogP contribution < -0.4 is 5.73 Å². The van der Waals surface area contributed by atoms with Gasteiger partial charge >= 0.3 is 5.97 Å². The maximum Gasteiger partial charge on any atom is 0.375 e. The molecule has 2 N–H and O–H groups in total. The SMILES string of the molecule is CCOC(=O)C(=O)C1CC(N=CC=CN)CCC1=O. The number of hydrogen-bond donors (Lipinski definition) is 1. The maximum absolute atomic E-state index is 11.8.